The summed E-state index contributed by atoms with van der Waals surface area (Å²) in [5, 5.41) is 12.4. The maximum atomic E-state index is 13.0. The van der Waals surface area contributed by atoms with E-state index < -0.39 is 5.60 Å². The van der Waals surface area contributed by atoms with Crippen LogP contribution in [-0.2, 0) is 15.1 Å². The number of ketones is 1. The molecule has 4 nitrogen and oxygen atoms in total. The lowest BCUT2D eigenvalue weighted by molar-refractivity contribution is -0.300. The van der Waals surface area contributed by atoms with Crippen LogP contribution < -0.4 is 0 Å². The van der Waals surface area contributed by atoms with E-state index in [2.05, 4.69) is 39.6 Å². The Labute approximate surface area is 221 Å². The van der Waals surface area contributed by atoms with Gasteiger partial charge in [-0.15, -0.1) is 0 Å². The smallest absolute Gasteiger partial charge is 0.169 e. The topological polar surface area (TPSA) is 59.4 Å². The summed E-state index contributed by atoms with van der Waals surface area (Å²) in [6.07, 6.45) is 8.28. The van der Waals surface area contributed by atoms with Crippen molar-refractivity contribution in [2.24, 2.45) is 51.8 Å². The minimum atomic E-state index is -0.926. The molecule has 194 valence electrons. The minimum absolute atomic E-state index is 0.0198. The Balaban J connectivity index is 1.39. The van der Waals surface area contributed by atoms with Crippen LogP contribution in [0.5, 0.6) is 0 Å². The molecule has 11 atom stereocenters. The van der Waals surface area contributed by atoms with Gasteiger partial charge in [0, 0.05) is 23.4 Å². The van der Waals surface area contributed by atoms with Crippen molar-refractivity contribution in [3.05, 3.63) is 30.1 Å². The highest BCUT2D eigenvalue weighted by Gasteiger charge is 2.77. The highest BCUT2D eigenvalue weighted by atomic mass is 32.1. The summed E-state index contributed by atoms with van der Waals surface area (Å²) < 4.78 is 7.25. The van der Waals surface area contributed by atoms with Gasteiger partial charge in [0.2, 0.25) is 0 Å². The number of thiocarbonyl (C=S) groups is 1. The molecule has 7 rings (SSSR count). The number of hydrogen-bond donors (Lipinski definition) is 1. The third-order valence-corrected chi connectivity index (χ3v) is 13.4. The van der Waals surface area contributed by atoms with Crippen LogP contribution in [0.2, 0.25) is 0 Å². The molecule has 36 heavy (non-hydrogen) atoms. The first-order valence-electron chi connectivity index (χ1n) is 14.3. The maximum absolute atomic E-state index is 13.0. The summed E-state index contributed by atoms with van der Waals surface area (Å²) >= 11 is 5.71. The van der Waals surface area contributed by atoms with E-state index in [4.69, 9.17) is 17.0 Å². The molecule has 0 amide bonds. The zero-order valence-electron chi connectivity index (χ0n) is 22.4. The number of nitrogens with zero attached hydrogens (tertiary/aromatic N) is 1. The second-order valence-electron chi connectivity index (χ2n) is 14.6. The van der Waals surface area contributed by atoms with Crippen LogP contribution in [0.4, 0.5) is 0 Å². The molecule has 6 fully saturated rings. The van der Waals surface area contributed by atoms with Gasteiger partial charge in [-0.05, 0) is 105 Å². The molecule has 1 N–H and O–H groups in total. The van der Waals surface area contributed by atoms with Crippen molar-refractivity contribution in [1.82, 2.24) is 4.98 Å². The Morgan fingerprint density at radius 1 is 1.06 bits per heavy atom. The number of aliphatic hydroxyl groups is 1. The number of Topliss-reactive ketones (excluding diaryl/α,β-unsaturated/α-hetero) is 1. The molecule has 0 spiro atoms. The largest absolute Gasteiger partial charge is 0.383 e. The Morgan fingerprint density at radius 2 is 1.81 bits per heavy atom. The molecule has 0 radical (unpaired) electrons. The Bertz CT molecular complexity index is 1150. The predicted molar refractivity (Wildman–Crippen MR) is 142 cm³/mol. The predicted octanol–water partition coefficient (Wildman–Crippen LogP) is 5.90. The lowest BCUT2D eigenvalue weighted by Crippen LogP contribution is -2.71. The number of ether oxygens (including phenoxy) is 1. The van der Waals surface area contributed by atoms with Crippen molar-refractivity contribution in [1.29, 1.82) is 0 Å². The Kier molecular flexibility index (Phi) is 4.69. The van der Waals surface area contributed by atoms with Gasteiger partial charge < -0.3 is 9.84 Å². The first-order chi connectivity index (χ1) is 16.9. The molecule has 2 unspecified atom stereocenters. The van der Waals surface area contributed by atoms with Gasteiger partial charge in [0.05, 0.1) is 22.3 Å². The highest BCUT2D eigenvalue weighted by Crippen LogP contribution is 2.78. The number of fused-ring (bicyclic) bond motifs is 10. The fraction of sp³-hybridized carbons (Fsp3) is 0.774. The zero-order valence-corrected chi connectivity index (χ0v) is 23.2. The summed E-state index contributed by atoms with van der Waals surface area (Å²) in [5.74, 6) is 2.97. The molecule has 0 aromatic carbocycles. The lowest BCUT2D eigenvalue weighted by atomic mass is 9.35. The molecule has 5 aliphatic carbocycles. The maximum Gasteiger partial charge on any atom is 0.169 e. The van der Waals surface area contributed by atoms with Crippen LogP contribution in [0.3, 0.4) is 0 Å². The van der Waals surface area contributed by atoms with Gasteiger partial charge in [-0.25, -0.2) is 0 Å². The molecule has 1 saturated heterocycles. The van der Waals surface area contributed by atoms with Gasteiger partial charge in [0.15, 0.2) is 5.78 Å². The van der Waals surface area contributed by atoms with Gasteiger partial charge in [0.25, 0.3) is 0 Å². The Hall–Kier alpha value is -1.17. The summed E-state index contributed by atoms with van der Waals surface area (Å²) in [5.41, 5.74) is -0.561. The van der Waals surface area contributed by atoms with Crippen LogP contribution in [0.15, 0.2) is 24.4 Å². The monoisotopic (exact) mass is 507 g/mol. The molecule has 1 aromatic rings. The molecule has 1 aromatic heterocycles. The zero-order chi connectivity index (χ0) is 25.5. The van der Waals surface area contributed by atoms with E-state index in [0.717, 1.165) is 37.8 Å². The number of pyridine rings is 1. The first kappa shape index (κ1) is 23.9. The van der Waals surface area contributed by atoms with Crippen LogP contribution >= 0.6 is 12.2 Å². The van der Waals surface area contributed by atoms with E-state index in [0.29, 0.717) is 46.8 Å². The van der Waals surface area contributed by atoms with E-state index in [9.17, 15) is 9.90 Å². The normalized spacial score (nSPS) is 54.6. The van der Waals surface area contributed by atoms with Crippen molar-refractivity contribution in [3.63, 3.8) is 0 Å². The van der Waals surface area contributed by atoms with Gasteiger partial charge in [-0.2, -0.15) is 0 Å². The van der Waals surface area contributed by atoms with Crippen molar-refractivity contribution >= 4 is 22.9 Å². The number of carbonyl (C=O) groups excluding carboxylic acids is 1. The average molecular weight is 508 g/mol. The van der Waals surface area contributed by atoms with Gasteiger partial charge in [0.1, 0.15) is 5.60 Å². The summed E-state index contributed by atoms with van der Waals surface area (Å²) in [7, 11) is 0. The number of carbonyl (C=O) groups is 1. The van der Waals surface area contributed by atoms with E-state index in [1.54, 1.807) is 0 Å². The number of hydrogen-bond acceptors (Lipinski definition) is 5. The highest BCUT2D eigenvalue weighted by molar-refractivity contribution is 7.82. The Morgan fingerprint density at radius 3 is 2.53 bits per heavy atom. The minimum Gasteiger partial charge on any atom is -0.383 e. The second kappa shape index (κ2) is 7.07. The van der Waals surface area contributed by atoms with Crippen molar-refractivity contribution in [3.8, 4) is 0 Å². The molecular formula is C31H41NO3S. The van der Waals surface area contributed by atoms with E-state index in [1.807, 2.05) is 24.4 Å². The van der Waals surface area contributed by atoms with E-state index >= 15 is 0 Å². The van der Waals surface area contributed by atoms with Crippen LogP contribution in [0.1, 0.15) is 85.3 Å². The number of aromatic nitrogens is 1. The van der Waals surface area contributed by atoms with Gasteiger partial charge in [-0.1, -0.05) is 39.1 Å². The molecule has 5 heteroatoms. The third kappa shape index (κ3) is 2.66. The molecule has 2 heterocycles. The summed E-state index contributed by atoms with van der Waals surface area (Å²) in [6.45, 7) is 11.9. The standard InChI is InChI=1S/C31H41NO3S/c1-27(2)18-14-17(18)25-19-15-20(33)21(36)16-28(19,3)22-9-11-29(4)23(30(22,5)26(25)35-27)10-12-31(29,34)24-8-6-7-13-32-24/h6-8,13,17-19,22-23,25-26,34H,9-12,14-16H2,1-5H3/t17?,18?,19-,22-,23-,25-,26+,28+,29+,30-,31-/m1/s1. The molecule has 1 aliphatic heterocycles. The van der Waals surface area contributed by atoms with Crippen LogP contribution in [0.25, 0.3) is 0 Å². The van der Waals surface area contributed by atoms with E-state index in [-0.39, 0.29) is 33.7 Å². The third-order valence-electron chi connectivity index (χ3n) is 13.0. The second-order valence-corrected chi connectivity index (χ2v) is 15.1. The van der Waals surface area contributed by atoms with E-state index in [1.165, 1.54) is 6.42 Å². The fourth-order valence-electron chi connectivity index (χ4n) is 11.4. The SMILES string of the molecule is CC1(C)O[C@H]2[C@H](C3CC31)[C@H]1CC(=O)C(=S)C[C@]1(C)[C@H]1CC[C@@]3(C)[C@@H](CC[C@@]3(O)c3ccccn3)[C@@]12C. The van der Waals surface area contributed by atoms with Crippen molar-refractivity contribution < 1.29 is 14.6 Å². The van der Waals surface area contributed by atoms with Crippen molar-refractivity contribution in [2.45, 2.75) is 96.9 Å². The quantitative estimate of drug-likeness (QED) is 0.480. The van der Waals surface area contributed by atoms with Crippen molar-refractivity contribution in [2.75, 3.05) is 0 Å². The van der Waals surface area contributed by atoms with Crippen LogP contribution in [0, 0.1) is 51.8 Å². The summed E-state index contributed by atoms with van der Waals surface area (Å²) in [4.78, 5) is 18.4. The summed E-state index contributed by atoms with van der Waals surface area (Å²) in [6, 6.07) is 5.96. The molecular weight excluding hydrogens is 466 g/mol. The molecule has 0 bridgehead atoms. The molecule has 6 aliphatic rings. The molecule has 5 saturated carbocycles. The van der Waals surface area contributed by atoms with Crippen LogP contribution in [-0.4, -0.2) is 32.4 Å². The first-order valence-corrected chi connectivity index (χ1v) is 14.7. The van der Waals surface area contributed by atoms with Gasteiger partial charge in [-0.3, -0.25) is 9.78 Å². The lowest BCUT2D eigenvalue weighted by Gasteiger charge is -2.71. The van der Waals surface area contributed by atoms with Gasteiger partial charge >= 0.3 is 0 Å². The fourth-order valence-corrected chi connectivity index (χ4v) is 11.8. The number of rotatable bonds is 1. The average Bonchev–Trinajstić information content (AvgIpc) is 3.58.